The summed E-state index contributed by atoms with van der Waals surface area (Å²) in [6.45, 7) is 1.74. The Morgan fingerprint density at radius 2 is 2.27 bits per heavy atom. The van der Waals surface area contributed by atoms with Gasteiger partial charge in [-0.25, -0.2) is 0 Å². The zero-order valence-corrected chi connectivity index (χ0v) is 9.90. The molecule has 1 fully saturated rings. The summed E-state index contributed by atoms with van der Waals surface area (Å²) in [5.41, 5.74) is 6.49. The summed E-state index contributed by atoms with van der Waals surface area (Å²) in [6.07, 6.45) is 0.889. The van der Waals surface area contributed by atoms with Gasteiger partial charge in [0.05, 0.1) is 6.04 Å². The lowest BCUT2D eigenvalue weighted by atomic mass is 10.0. The van der Waals surface area contributed by atoms with Gasteiger partial charge in [0.1, 0.15) is 0 Å². The fraction of sp³-hybridized carbons (Fsp3) is 0.364. The molecular formula is C11H13BrN2O. The number of primary amides is 1. The van der Waals surface area contributed by atoms with E-state index in [9.17, 15) is 4.79 Å². The molecule has 1 aromatic carbocycles. The van der Waals surface area contributed by atoms with Gasteiger partial charge in [0.15, 0.2) is 0 Å². The molecule has 0 spiro atoms. The molecule has 0 aliphatic carbocycles. The Morgan fingerprint density at radius 3 is 2.80 bits per heavy atom. The molecule has 1 unspecified atom stereocenters. The number of hydrogen-bond donors (Lipinski definition) is 1. The van der Waals surface area contributed by atoms with Crippen LogP contribution in [0, 0.1) is 0 Å². The highest BCUT2D eigenvalue weighted by Gasteiger charge is 2.32. The molecule has 2 N–H and O–H groups in total. The van der Waals surface area contributed by atoms with E-state index in [4.69, 9.17) is 5.73 Å². The Kier molecular flexibility index (Phi) is 3.07. The lowest BCUT2D eigenvalue weighted by Crippen LogP contribution is -2.54. The third kappa shape index (κ3) is 2.21. The van der Waals surface area contributed by atoms with Crippen LogP contribution in [-0.4, -0.2) is 23.4 Å². The van der Waals surface area contributed by atoms with E-state index in [-0.39, 0.29) is 11.9 Å². The Balaban J connectivity index is 2.04. The molecule has 4 heteroatoms. The molecule has 15 heavy (non-hydrogen) atoms. The summed E-state index contributed by atoms with van der Waals surface area (Å²) < 4.78 is 1.08. The number of carbonyl (C=O) groups is 1. The van der Waals surface area contributed by atoms with Crippen molar-refractivity contribution in [1.82, 2.24) is 4.90 Å². The topological polar surface area (TPSA) is 46.3 Å². The first kappa shape index (κ1) is 10.6. The van der Waals surface area contributed by atoms with Crippen molar-refractivity contribution in [2.24, 2.45) is 5.73 Å². The standard InChI is InChI=1S/C11H13BrN2O/c12-9-4-2-1-3-8(9)7-14-6-5-10(14)11(13)15/h1-4,10H,5-7H2,(H2,13,15). The maximum absolute atomic E-state index is 11.0. The van der Waals surface area contributed by atoms with E-state index in [0.717, 1.165) is 24.0 Å². The van der Waals surface area contributed by atoms with Gasteiger partial charge in [-0.05, 0) is 18.1 Å². The number of nitrogens with zero attached hydrogens (tertiary/aromatic N) is 1. The van der Waals surface area contributed by atoms with Crippen molar-refractivity contribution in [3.05, 3.63) is 34.3 Å². The number of halogens is 1. The first-order chi connectivity index (χ1) is 7.18. The number of benzene rings is 1. The van der Waals surface area contributed by atoms with Crippen LogP contribution in [0.25, 0.3) is 0 Å². The van der Waals surface area contributed by atoms with E-state index in [0.29, 0.717) is 0 Å². The first-order valence-corrected chi connectivity index (χ1v) is 5.74. The summed E-state index contributed by atoms with van der Waals surface area (Å²) in [5.74, 6) is -0.215. The van der Waals surface area contributed by atoms with Crippen LogP contribution in [0.15, 0.2) is 28.7 Å². The molecule has 1 aliphatic rings. The molecular weight excluding hydrogens is 256 g/mol. The minimum atomic E-state index is -0.215. The Labute approximate surface area is 97.4 Å². The second-order valence-electron chi connectivity index (χ2n) is 3.77. The van der Waals surface area contributed by atoms with Crippen LogP contribution < -0.4 is 5.73 Å². The fourth-order valence-electron chi connectivity index (χ4n) is 1.80. The molecule has 1 amide bonds. The lowest BCUT2D eigenvalue weighted by Gasteiger charge is -2.38. The normalized spacial score (nSPS) is 21.0. The van der Waals surface area contributed by atoms with Crippen molar-refractivity contribution >= 4 is 21.8 Å². The quantitative estimate of drug-likeness (QED) is 0.904. The smallest absolute Gasteiger partial charge is 0.234 e. The van der Waals surface area contributed by atoms with Crippen LogP contribution in [0.3, 0.4) is 0 Å². The predicted octanol–water partition coefficient (Wildman–Crippen LogP) is 1.51. The highest BCUT2D eigenvalue weighted by molar-refractivity contribution is 9.10. The summed E-state index contributed by atoms with van der Waals surface area (Å²) in [5, 5.41) is 0. The van der Waals surface area contributed by atoms with Crippen molar-refractivity contribution in [3.63, 3.8) is 0 Å². The average Bonchev–Trinajstić information content (AvgIpc) is 2.13. The van der Waals surface area contributed by atoms with E-state index in [1.165, 1.54) is 5.56 Å². The largest absolute Gasteiger partial charge is 0.368 e. The van der Waals surface area contributed by atoms with Crippen LogP contribution in [0.2, 0.25) is 0 Å². The van der Waals surface area contributed by atoms with Crippen LogP contribution in [-0.2, 0) is 11.3 Å². The van der Waals surface area contributed by atoms with Gasteiger partial charge >= 0.3 is 0 Å². The van der Waals surface area contributed by atoms with Crippen molar-refractivity contribution in [2.75, 3.05) is 6.54 Å². The van der Waals surface area contributed by atoms with E-state index >= 15 is 0 Å². The van der Waals surface area contributed by atoms with Gasteiger partial charge < -0.3 is 5.73 Å². The number of hydrogen-bond acceptors (Lipinski definition) is 2. The Hall–Kier alpha value is -0.870. The maximum Gasteiger partial charge on any atom is 0.234 e. The van der Waals surface area contributed by atoms with Gasteiger partial charge in [-0.15, -0.1) is 0 Å². The third-order valence-electron chi connectivity index (χ3n) is 2.79. The molecule has 80 valence electrons. The van der Waals surface area contributed by atoms with Crippen LogP contribution in [0.4, 0.5) is 0 Å². The Bertz CT molecular complexity index is 381. The van der Waals surface area contributed by atoms with Crippen LogP contribution in [0.5, 0.6) is 0 Å². The molecule has 1 atom stereocenters. The molecule has 1 aromatic rings. The fourth-order valence-corrected chi connectivity index (χ4v) is 2.21. The average molecular weight is 269 g/mol. The monoisotopic (exact) mass is 268 g/mol. The molecule has 3 nitrogen and oxygen atoms in total. The molecule has 1 heterocycles. The van der Waals surface area contributed by atoms with Crippen molar-refractivity contribution in [3.8, 4) is 0 Å². The highest BCUT2D eigenvalue weighted by atomic mass is 79.9. The zero-order valence-electron chi connectivity index (χ0n) is 8.32. The number of amides is 1. The summed E-state index contributed by atoms with van der Waals surface area (Å²) >= 11 is 3.49. The van der Waals surface area contributed by atoms with E-state index in [1.54, 1.807) is 0 Å². The minimum absolute atomic E-state index is 0.0721. The highest BCUT2D eigenvalue weighted by Crippen LogP contribution is 2.24. The second kappa shape index (κ2) is 4.33. The lowest BCUT2D eigenvalue weighted by molar-refractivity contribution is -0.127. The molecule has 0 aromatic heterocycles. The summed E-state index contributed by atoms with van der Waals surface area (Å²) in [4.78, 5) is 13.1. The van der Waals surface area contributed by atoms with Crippen molar-refractivity contribution < 1.29 is 4.79 Å². The zero-order chi connectivity index (χ0) is 10.8. The number of nitrogens with two attached hydrogens (primary N) is 1. The summed E-state index contributed by atoms with van der Waals surface area (Å²) in [7, 11) is 0. The molecule has 1 saturated heterocycles. The molecule has 0 radical (unpaired) electrons. The minimum Gasteiger partial charge on any atom is -0.368 e. The van der Waals surface area contributed by atoms with E-state index in [2.05, 4.69) is 26.9 Å². The van der Waals surface area contributed by atoms with Gasteiger partial charge in [-0.1, -0.05) is 34.1 Å². The Morgan fingerprint density at radius 1 is 1.53 bits per heavy atom. The number of carbonyl (C=O) groups excluding carboxylic acids is 1. The first-order valence-electron chi connectivity index (χ1n) is 4.95. The van der Waals surface area contributed by atoms with Gasteiger partial charge in [0.25, 0.3) is 0 Å². The van der Waals surface area contributed by atoms with Crippen molar-refractivity contribution in [2.45, 2.75) is 19.0 Å². The molecule has 1 aliphatic heterocycles. The molecule has 0 bridgehead atoms. The van der Waals surface area contributed by atoms with Gasteiger partial charge in [-0.3, -0.25) is 9.69 Å². The third-order valence-corrected chi connectivity index (χ3v) is 3.56. The van der Waals surface area contributed by atoms with Crippen molar-refractivity contribution in [1.29, 1.82) is 0 Å². The molecule has 0 saturated carbocycles. The molecule has 2 rings (SSSR count). The number of rotatable bonds is 3. The van der Waals surface area contributed by atoms with E-state index < -0.39 is 0 Å². The van der Waals surface area contributed by atoms with Gasteiger partial charge in [-0.2, -0.15) is 0 Å². The number of likely N-dealkylation sites (tertiary alicyclic amines) is 1. The van der Waals surface area contributed by atoms with E-state index in [1.807, 2.05) is 18.2 Å². The van der Waals surface area contributed by atoms with Gasteiger partial charge in [0, 0.05) is 17.6 Å². The SMILES string of the molecule is NC(=O)C1CCN1Cc1ccccc1Br. The van der Waals surface area contributed by atoms with Crippen LogP contribution in [0.1, 0.15) is 12.0 Å². The maximum atomic E-state index is 11.0. The second-order valence-corrected chi connectivity index (χ2v) is 4.62. The predicted molar refractivity (Wildman–Crippen MR) is 62.2 cm³/mol. The summed E-state index contributed by atoms with van der Waals surface area (Å²) in [6, 6.07) is 7.97. The van der Waals surface area contributed by atoms with Crippen LogP contribution >= 0.6 is 15.9 Å². The van der Waals surface area contributed by atoms with Gasteiger partial charge in [0.2, 0.25) is 5.91 Å².